The molecule has 0 aromatic heterocycles. The molecule has 1 atom stereocenters. The molecular weight excluding hydrogens is 342 g/mol. The van der Waals surface area contributed by atoms with Gasteiger partial charge in [-0.25, -0.2) is 9.89 Å². The van der Waals surface area contributed by atoms with Crippen LogP contribution in [0.3, 0.4) is 0 Å². The van der Waals surface area contributed by atoms with Crippen LogP contribution in [0.25, 0.3) is 0 Å². The van der Waals surface area contributed by atoms with Gasteiger partial charge in [0.1, 0.15) is 11.8 Å². The number of rotatable bonds is 4. The zero-order valence-corrected chi connectivity index (χ0v) is 15.0. The molecule has 2 aromatic rings. The molecule has 0 aliphatic carbocycles. The Labute approximate surface area is 157 Å². The standard InChI is InChI=1S/C20H19N5O2/c1-13-17(19(26)23-14-8-4-3-5-9-14)18(24-20(22)25(13)12-21)15-10-6-7-11-16(15)27-2/h3-11,18H,1-2H3,(H2,22,24)(H,23,26). The van der Waals surface area contributed by atoms with Gasteiger partial charge >= 0.3 is 0 Å². The number of aliphatic imine (C=N–C) groups is 1. The van der Waals surface area contributed by atoms with Crippen LogP contribution in [0.2, 0.25) is 0 Å². The molecule has 7 heteroatoms. The van der Waals surface area contributed by atoms with Crippen molar-refractivity contribution in [2.24, 2.45) is 10.7 Å². The average molecular weight is 361 g/mol. The van der Waals surface area contributed by atoms with E-state index >= 15 is 0 Å². The van der Waals surface area contributed by atoms with Crippen LogP contribution in [0.15, 0.2) is 70.9 Å². The third-order valence-corrected chi connectivity index (χ3v) is 4.30. The van der Waals surface area contributed by atoms with Crippen molar-refractivity contribution >= 4 is 17.6 Å². The van der Waals surface area contributed by atoms with Crippen molar-refractivity contribution in [3.63, 3.8) is 0 Å². The molecule has 0 radical (unpaired) electrons. The van der Waals surface area contributed by atoms with Crippen molar-refractivity contribution in [3.05, 3.63) is 71.4 Å². The topological polar surface area (TPSA) is 104 Å². The molecule has 2 aromatic carbocycles. The second-order valence-corrected chi connectivity index (χ2v) is 5.89. The number of allylic oxidation sites excluding steroid dienone is 1. The second kappa shape index (κ2) is 7.62. The Morgan fingerprint density at radius 1 is 1.22 bits per heavy atom. The van der Waals surface area contributed by atoms with E-state index in [1.807, 2.05) is 42.6 Å². The summed E-state index contributed by atoms with van der Waals surface area (Å²) in [5.41, 5.74) is 8.06. The van der Waals surface area contributed by atoms with Crippen molar-refractivity contribution in [2.75, 3.05) is 12.4 Å². The highest BCUT2D eigenvalue weighted by molar-refractivity contribution is 6.06. The minimum atomic E-state index is -0.686. The number of hydrogen-bond donors (Lipinski definition) is 2. The lowest BCUT2D eigenvalue weighted by molar-refractivity contribution is -0.113. The number of amides is 1. The lowest BCUT2D eigenvalue weighted by Crippen LogP contribution is -2.39. The zero-order chi connectivity index (χ0) is 19.4. The summed E-state index contributed by atoms with van der Waals surface area (Å²) in [5.74, 6) is 0.260. The number of hydrogen-bond acceptors (Lipinski definition) is 6. The Hall–Kier alpha value is -3.79. The Balaban J connectivity index is 2.08. The number of nitrogens with one attached hydrogen (secondary N) is 1. The number of nitrogens with two attached hydrogens (primary N) is 1. The van der Waals surface area contributed by atoms with Crippen molar-refractivity contribution < 1.29 is 9.53 Å². The first-order chi connectivity index (χ1) is 13.1. The fourth-order valence-corrected chi connectivity index (χ4v) is 3.00. The predicted octanol–water partition coefficient (Wildman–Crippen LogP) is 2.76. The van der Waals surface area contributed by atoms with E-state index in [0.29, 0.717) is 28.3 Å². The molecule has 27 heavy (non-hydrogen) atoms. The van der Waals surface area contributed by atoms with Crippen LogP contribution in [0, 0.1) is 11.5 Å². The predicted molar refractivity (Wildman–Crippen MR) is 103 cm³/mol. The van der Waals surface area contributed by atoms with Gasteiger partial charge in [-0.2, -0.15) is 5.26 Å². The molecule has 1 amide bonds. The minimum Gasteiger partial charge on any atom is -0.496 e. The quantitative estimate of drug-likeness (QED) is 0.815. The lowest BCUT2D eigenvalue weighted by atomic mass is 9.94. The van der Waals surface area contributed by atoms with E-state index in [1.165, 1.54) is 0 Å². The number of anilines is 1. The molecule has 0 spiro atoms. The first kappa shape index (κ1) is 18.0. The maximum absolute atomic E-state index is 13.1. The van der Waals surface area contributed by atoms with Crippen LogP contribution in [0.4, 0.5) is 5.69 Å². The maximum Gasteiger partial charge on any atom is 0.255 e. The third-order valence-electron chi connectivity index (χ3n) is 4.30. The molecule has 1 heterocycles. The van der Waals surface area contributed by atoms with E-state index in [0.717, 1.165) is 4.90 Å². The normalized spacial score (nSPS) is 16.4. The highest BCUT2D eigenvalue weighted by Gasteiger charge is 2.34. The van der Waals surface area contributed by atoms with Crippen molar-refractivity contribution in [3.8, 4) is 11.9 Å². The van der Waals surface area contributed by atoms with E-state index in [9.17, 15) is 10.1 Å². The fourth-order valence-electron chi connectivity index (χ4n) is 3.00. The van der Waals surface area contributed by atoms with Crippen LogP contribution in [0.5, 0.6) is 5.75 Å². The van der Waals surface area contributed by atoms with Crippen molar-refractivity contribution in [1.82, 2.24) is 4.90 Å². The molecule has 0 saturated heterocycles. The highest BCUT2D eigenvalue weighted by atomic mass is 16.5. The molecule has 0 saturated carbocycles. The second-order valence-electron chi connectivity index (χ2n) is 5.89. The molecule has 1 aliphatic rings. The molecule has 1 aliphatic heterocycles. The Morgan fingerprint density at radius 2 is 1.89 bits per heavy atom. The summed E-state index contributed by atoms with van der Waals surface area (Å²) >= 11 is 0. The number of nitriles is 1. The van der Waals surface area contributed by atoms with E-state index in [2.05, 4.69) is 10.3 Å². The molecule has 7 nitrogen and oxygen atoms in total. The van der Waals surface area contributed by atoms with Gasteiger partial charge in [-0.05, 0) is 25.1 Å². The summed E-state index contributed by atoms with van der Waals surface area (Å²) in [4.78, 5) is 18.6. The van der Waals surface area contributed by atoms with Gasteiger partial charge in [0.05, 0.1) is 12.7 Å². The monoisotopic (exact) mass is 361 g/mol. The van der Waals surface area contributed by atoms with Gasteiger partial charge in [-0.1, -0.05) is 36.4 Å². The first-order valence-electron chi connectivity index (χ1n) is 8.30. The van der Waals surface area contributed by atoms with Crippen LogP contribution in [0.1, 0.15) is 18.5 Å². The molecule has 3 rings (SSSR count). The van der Waals surface area contributed by atoms with E-state index < -0.39 is 6.04 Å². The largest absolute Gasteiger partial charge is 0.496 e. The van der Waals surface area contributed by atoms with E-state index in [-0.39, 0.29) is 11.9 Å². The lowest BCUT2D eigenvalue weighted by Gasteiger charge is -2.29. The molecule has 136 valence electrons. The summed E-state index contributed by atoms with van der Waals surface area (Å²) in [7, 11) is 1.55. The van der Waals surface area contributed by atoms with Gasteiger partial charge in [-0.3, -0.25) is 4.79 Å². The summed E-state index contributed by atoms with van der Waals surface area (Å²) in [6, 6.07) is 15.7. The van der Waals surface area contributed by atoms with Gasteiger partial charge < -0.3 is 15.8 Å². The number of methoxy groups -OCH3 is 1. The van der Waals surface area contributed by atoms with Crippen LogP contribution in [-0.4, -0.2) is 23.9 Å². The summed E-state index contributed by atoms with van der Waals surface area (Å²) in [5, 5.41) is 12.3. The Morgan fingerprint density at radius 3 is 2.56 bits per heavy atom. The number of para-hydroxylation sites is 2. The van der Waals surface area contributed by atoms with Crippen molar-refractivity contribution in [2.45, 2.75) is 13.0 Å². The van der Waals surface area contributed by atoms with Gasteiger partial charge in [0, 0.05) is 16.9 Å². The Kier molecular flexibility index (Phi) is 5.08. The molecule has 0 fully saturated rings. The van der Waals surface area contributed by atoms with E-state index in [1.54, 1.807) is 32.2 Å². The number of carbonyl (C=O) groups is 1. The van der Waals surface area contributed by atoms with Crippen molar-refractivity contribution in [1.29, 1.82) is 5.26 Å². The smallest absolute Gasteiger partial charge is 0.255 e. The summed E-state index contributed by atoms with van der Waals surface area (Å²) < 4.78 is 5.43. The number of ether oxygens (including phenoxy) is 1. The first-order valence-corrected chi connectivity index (χ1v) is 8.30. The van der Waals surface area contributed by atoms with Gasteiger partial charge in [-0.15, -0.1) is 0 Å². The number of benzene rings is 2. The van der Waals surface area contributed by atoms with Crippen LogP contribution < -0.4 is 15.8 Å². The minimum absolute atomic E-state index is 0.0298. The summed E-state index contributed by atoms with van der Waals surface area (Å²) in [6.45, 7) is 1.67. The SMILES string of the molecule is COc1ccccc1C1N=C(N)N(C#N)C(C)=C1C(=O)Nc1ccccc1. The van der Waals surface area contributed by atoms with Gasteiger partial charge in [0.15, 0.2) is 6.19 Å². The molecule has 0 bridgehead atoms. The third kappa shape index (κ3) is 3.46. The maximum atomic E-state index is 13.1. The molecule has 1 unspecified atom stereocenters. The van der Waals surface area contributed by atoms with Gasteiger partial charge in [0.2, 0.25) is 5.96 Å². The number of carbonyl (C=O) groups excluding carboxylic acids is 1. The van der Waals surface area contributed by atoms with E-state index in [4.69, 9.17) is 10.5 Å². The number of nitrogens with zero attached hydrogens (tertiary/aromatic N) is 3. The summed E-state index contributed by atoms with van der Waals surface area (Å²) in [6.07, 6.45) is 1.96. The van der Waals surface area contributed by atoms with Gasteiger partial charge in [0.25, 0.3) is 5.91 Å². The number of guanidine groups is 1. The molecule has 3 N–H and O–H groups in total. The van der Waals surface area contributed by atoms with Crippen LogP contribution in [-0.2, 0) is 4.79 Å². The fraction of sp³-hybridized carbons (Fsp3) is 0.150. The average Bonchev–Trinajstić information content (AvgIpc) is 2.68. The molecular formula is C20H19N5O2. The van der Waals surface area contributed by atoms with Crippen LogP contribution >= 0.6 is 0 Å². The Bertz CT molecular complexity index is 960. The highest BCUT2D eigenvalue weighted by Crippen LogP contribution is 2.38. The zero-order valence-electron chi connectivity index (χ0n) is 15.0.